The molecular weight excluding hydrogens is 410 g/mol. The Bertz CT molecular complexity index is 965. The van der Waals surface area contributed by atoms with Gasteiger partial charge >= 0.3 is 5.97 Å². The molecule has 2 aromatic heterocycles. The molecule has 2 aliphatic carbocycles. The molecule has 0 spiro atoms. The number of thiophene rings is 1. The van der Waals surface area contributed by atoms with Crippen LogP contribution in [0.25, 0.3) is 10.2 Å². The summed E-state index contributed by atoms with van der Waals surface area (Å²) in [6.45, 7) is 0.387. The Balaban J connectivity index is 1.21. The number of thioether (sulfide) groups is 1. The van der Waals surface area contributed by atoms with Crippen LogP contribution in [0.2, 0.25) is 0 Å². The van der Waals surface area contributed by atoms with Crippen molar-refractivity contribution in [1.29, 1.82) is 0 Å². The number of aromatic nitrogens is 2. The number of rotatable bonds is 9. The van der Waals surface area contributed by atoms with E-state index in [0.717, 1.165) is 42.3 Å². The standard InChI is InChI=1S/C20H25N3O4S2/c24-16(21-9-17(25)27-10-12-5-6-12)7-8-28-11-15-22-19(26)18-13-3-1-2-4-14(13)29-20(18)23-15/h12H,1-11H2,(H,21,24)(H,22,23,26). The molecule has 156 valence electrons. The van der Waals surface area contributed by atoms with Crippen molar-refractivity contribution in [2.75, 3.05) is 18.9 Å². The maximum atomic E-state index is 12.5. The predicted octanol–water partition coefficient (Wildman–Crippen LogP) is 2.56. The molecule has 0 unspecified atom stereocenters. The normalized spacial score (nSPS) is 15.9. The molecule has 0 bridgehead atoms. The molecule has 0 atom stereocenters. The van der Waals surface area contributed by atoms with E-state index >= 15 is 0 Å². The van der Waals surface area contributed by atoms with Gasteiger partial charge in [-0.1, -0.05) is 0 Å². The number of hydrogen-bond donors (Lipinski definition) is 2. The van der Waals surface area contributed by atoms with Gasteiger partial charge in [0, 0.05) is 17.1 Å². The second-order valence-corrected chi connectivity index (χ2v) is 9.80. The Labute approximate surface area is 177 Å². The Morgan fingerprint density at radius 1 is 1.28 bits per heavy atom. The van der Waals surface area contributed by atoms with Crippen LogP contribution in [0.4, 0.5) is 0 Å². The number of aromatic amines is 1. The summed E-state index contributed by atoms with van der Waals surface area (Å²) in [5.74, 6) is 1.74. The molecule has 1 fully saturated rings. The van der Waals surface area contributed by atoms with E-state index in [1.165, 1.54) is 28.6 Å². The zero-order valence-electron chi connectivity index (χ0n) is 16.3. The van der Waals surface area contributed by atoms with Gasteiger partial charge in [-0.15, -0.1) is 11.3 Å². The third-order valence-corrected chi connectivity index (χ3v) is 7.35. The van der Waals surface area contributed by atoms with Crippen LogP contribution in [0.15, 0.2) is 4.79 Å². The third kappa shape index (κ3) is 5.39. The molecule has 0 radical (unpaired) electrons. The first kappa shape index (κ1) is 20.4. The highest BCUT2D eigenvalue weighted by molar-refractivity contribution is 7.98. The summed E-state index contributed by atoms with van der Waals surface area (Å²) in [5.41, 5.74) is 1.14. The lowest BCUT2D eigenvalue weighted by molar-refractivity contribution is -0.144. The molecule has 0 aromatic carbocycles. The fourth-order valence-corrected chi connectivity index (χ4v) is 5.50. The van der Waals surface area contributed by atoms with Crippen molar-refractivity contribution in [3.8, 4) is 0 Å². The monoisotopic (exact) mass is 435 g/mol. The summed E-state index contributed by atoms with van der Waals surface area (Å²) in [7, 11) is 0. The van der Waals surface area contributed by atoms with Crippen LogP contribution < -0.4 is 10.9 Å². The number of hydrogen-bond acceptors (Lipinski definition) is 7. The van der Waals surface area contributed by atoms with E-state index in [9.17, 15) is 14.4 Å². The number of nitrogens with one attached hydrogen (secondary N) is 2. The molecule has 2 heterocycles. The summed E-state index contributed by atoms with van der Waals surface area (Å²) in [6.07, 6.45) is 6.88. The molecule has 29 heavy (non-hydrogen) atoms. The summed E-state index contributed by atoms with van der Waals surface area (Å²) >= 11 is 3.18. The molecule has 1 amide bonds. The van der Waals surface area contributed by atoms with Gasteiger partial charge in [0.1, 0.15) is 17.2 Å². The summed E-state index contributed by atoms with van der Waals surface area (Å²) in [6, 6.07) is 0. The molecule has 4 rings (SSSR count). The topological polar surface area (TPSA) is 101 Å². The zero-order valence-corrected chi connectivity index (χ0v) is 17.9. The largest absolute Gasteiger partial charge is 0.464 e. The van der Waals surface area contributed by atoms with E-state index in [4.69, 9.17) is 4.74 Å². The van der Waals surface area contributed by atoms with Crippen LogP contribution >= 0.6 is 23.1 Å². The maximum absolute atomic E-state index is 12.5. The lowest BCUT2D eigenvalue weighted by atomic mass is 9.97. The number of carbonyl (C=O) groups is 2. The van der Waals surface area contributed by atoms with Gasteiger partial charge in [-0.05, 0) is 50.0 Å². The Morgan fingerprint density at radius 3 is 2.93 bits per heavy atom. The summed E-state index contributed by atoms with van der Waals surface area (Å²) in [4.78, 5) is 45.6. The van der Waals surface area contributed by atoms with Gasteiger partial charge < -0.3 is 15.0 Å². The van der Waals surface area contributed by atoms with E-state index in [2.05, 4.69) is 15.3 Å². The van der Waals surface area contributed by atoms with E-state index < -0.39 is 0 Å². The molecule has 2 N–H and O–H groups in total. The average molecular weight is 436 g/mol. The summed E-state index contributed by atoms with van der Waals surface area (Å²) < 4.78 is 5.08. The Kier molecular flexibility index (Phi) is 6.54. The van der Waals surface area contributed by atoms with Crippen molar-refractivity contribution >= 4 is 45.2 Å². The predicted molar refractivity (Wildman–Crippen MR) is 114 cm³/mol. The van der Waals surface area contributed by atoms with Crippen molar-refractivity contribution in [2.24, 2.45) is 5.92 Å². The van der Waals surface area contributed by atoms with E-state index in [1.807, 2.05) is 0 Å². The first-order chi connectivity index (χ1) is 14.1. The number of esters is 1. The quantitative estimate of drug-likeness (QED) is 0.464. The van der Waals surface area contributed by atoms with Gasteiger partial charge in [0.15, 0.2) is 0 Å². The van der Waals surface area contributed by atoms with Gasteiger partial charge in [-0.2, -0.15) is 11.8 Å². The highest BCUT2D eigenvalue weighted by Crippen LogP contribution is 2.33. The number of H-pyrrole nitrogens is 1. The number of carbonyl (C=O) groups excluding carboxylic acids is 2. The number of ether oxygens (including phenoxy) is 1. The van der Waals surface area contributed by atoms with Gasteiger partial charge in [0.25, 0.3) is 5.56 Å². The lowest BCUT2D eigenvalue weighted by Gasteiger charge is -2.09. The smallest absolute Gasteiger partial charge is 0.325 e. The van der Waals surface area contributed by atoms with E-state index in [-0.39, 0.29) is 24.0 Å². The van der Waals surface area contributed by atoms with E-state index in [0.29, 0.717) is 36.3 Å². The average Bonchev–Trinajstić information content (AvgIpc) is 3.46. The number of aryl methyl sites for hydroxylation is 2. The molecule has 1 saturated carbocycles. The molecule has 0 aliphatic heterocycles. The fourth-order valence-electron chi connectivity index (χ4n) is 3.42. The summed E-state index contributed by atoms with van der Waals surface area (Å²) in [5, 5.41) is 3.36. The van der Waals surface area contributed by atoms with Crippen LogP contribution in [0.1, 0.15) is 48.4 Å². The van der Waals surface area contributed by atoms with Gasteiger partial charge in [0.05, 0.1) is 17.7 Å². The highest BCUT2D eigenvalue weighted by atomic mass is 32.2. The molecule has 2 aliphatic rings. The number of amides is 1. The minimum Gasteiger partial charge on any atom is -0.464 e. The van der Waals surface area contributed by atoms with Gasteiger partial charge in [0.2, 0.25) is 5.91 Å². The Morgan fingerprint density at radius 2 is 2.10 bits per heavy atom. The van der Waals surface area contributed by atoms with Gasteiger partial charge in [-0.3, -0.25) is 14.4 Å². The molecular formula is C20H25N3O4S2. The first-order valence-electron chi connectivity index (χ1n) is 10.1. The third-order valence-electron chi connectivity index (χ3n) is 5.19. The van der Waals surface area contributed by atoms with E-state index in [1.54, 1.807) is 11.3 Å². The van der Waals surface area contributed by atoms with Crippen molar-refractivity contribution < 1.29 is 14.3 Å². The Hall–Kier alpha value is -1.87. The fraction of sp³-hybridized carbons (Fsp3) is 0.600. The molecule has 7 nitrogen and oxygen atoms in total. The number of fused-ring (bicyclic) bond motifs is 3. The van der Waals surface area contributed by atoms with Gasteiger partial charge in [-0.25, -0.2) is 4.98 Å². The number of nitrogens with zero attached hydrogens (tertiary/aromatic N) is 1. The van der Waals surface area contributed by atoms with Crippen LogP contribution in [-0.2, 0) is 32.9 Å². The van der Waals surface area contributed by atoms with Crippen molar-refractivity contribution in [2.45, 2.75) is 50.7 Å². The van der Waals surface area contributed by atoms with Crippen molar-refractivity contribution in [3.63, 3.8) is 0 Å². The maximum Gasteiger partial charge on any atom is 0.325 e. The van der Waals surface area contributed by atoms with Crippen molar-refractivity contribution in [3.05, 3.63) is 26.6 Å². The first-order valence-corrected chi connectivity index (χ1v) is 12.1. The minimum atomic E-state index is -0.383. The zero-order chi connectivity index (χ0) is 20.2. The molecule has 0 saturated heterocycles. The molecule has 2 aromatic rings. The van der Waals surface area contributed by atoms with Crippen LogP contribution in [-0.4, -0.2) is 40.7 Å². The van der Waals surface area contributed by atoms with Crippen molar-refractivity contribution in [1.82, 2.24) is 15.3 Å². The van der Waals surface area contributed by atoms with Crippen LogP contribution in [0.5, 0.6) is 0 Å². The lowest BCUT2D eigenvalue weighted by Crippen LogP contribution is -2.31. The van der Waals surface area contributed by atoms with Crippen LogP contribution in [0, 0.1) is 5.92 Å². The molecule has 9 heteroatoms. The highest BCUT2D eigenvalue weighted by Gasteiger charge is 2.23. The minimum absolute atomic E-state index is 0.0487. The van der Waals surface area contributed by atoms with Crippen LogP contribution in [0.3, 0.4) is 0 Å². The SMILES string of the molecule is O=C(CCSCc1nc2sc3c(c2c(=O)[nH]1)CCCC3)NCC(=O)OCC1CC1. The second-order valence-electron chi connectivity index (χ2n) is 7.61. The second kappa shape index (κ2) is 9.30.